The first kappa shape index (κ1) is 15.5. The molecule has 0 fully saturated rings. The van der Waals surface area contributed by atoms with Gasteiger partial charge in [0.2, 0.25) is 0 Å². The Morgan fingerprint density at radius 1 is 1.30 bits per heavy atom. The summed E-state index contributed by atoms with van der Waals surface area (Å²) in [6.07, 6.45) is 2.53. The predicted octanol–water partition coefficient (Wildman–Crippen LogP) is 0.456. The lowest BCUT2D eigenvalue weighted by molar-refractivity contribution is -0.142. The summed E-state index contributed by atoms with van der Waals surface area (Å²) in [5.41, 5.74) is 5.74. The maximum atomic E-state index is 11.3. The highest BCUT2D eigenvalue weighted by Gasteiger charge is 2.11. The van der Waals surface area contributed by atoms with Crippen LogP contribution in [0.4, 0.5) is 0 Å². The summed E-state index contributed by atoms with van der Waals surface area (Å²) in [7, 11) is 0. The molecule has 7 heteroatoms. The van der Waals surface area contributed by atoms with Gasteiger partial charge in [0.1, 0.15) is 6.04 Å². The fraction of sp³-hybridized carbons (Fsp3) is 0.231. The number of ether oxygens (including phenoxy) is 1. The minimum absolute atomic E-state index is 0.0227. The average molecular weight is 281 g/mol. The van der Waals surface area contributed by atoms with E-state index in [0.717, 1.165) is 6.08 Å². The molecule has 0 saturated heterocycles. The molecule has 0 spiro atoms. The van der Waals surface area contributed by atoms with E-state index in [1.165, 1.54) is 24.3 Å². The second kappa shape index (κ2) is 7.15. The first-order chi connectivity index (χ1) is 9.40. The summed E-state index contributed by atoms with van der Waals surface area (Å²) in [5, 5.41) is 26.9. The minimum Gasteiger partial charge on any atom is -0.504 e. The molecular weight excluding hydrogens is 266 g/mol. The Morgan fingerprint density at radius 3 is 2.60 bits per heavy atom. The molecule has 1 aromatic carbocycles. The largest absolute Gasteiger partial charge is 0.504 e. The van der Waals surface area contributed by atoms with E-state index < -0.39 is 18.0 Å². The van der Waals surface area contributed by atoms with Gasteiger partial charge >= 0.3 is 11.9 Å². The second-order valence-corrected chi connectivity index (χ2v) is 3.98. The van der Waals surface area contributed by atoms with Gasteiger partial charge in [0.25, 0.3) is 0 Å². The quantitative estimate of drug-likeness (QED) is 0.338. The van der Waals surface area contributed by atoms with Crippen LogP contribution >= 0.6 is 0 Å². The van der Waals surface area contributed by atoms with Crippen molar-refractivity contribution in [1.82, 2.24) is 0 Å². The monoisotopic (exact) mass is 281 g/mol. The van der Waals surface area contributed by atoms with E-state index in [2.05, 4.69) is 0 Å². The van der Waals surface area contributed by atoms with Gasteiger partial charge in [0.05, 0.1) is 6.61 Å². The summed E-state index contributed by atoms with van der Waals surface area (Å²) < 4.78 is 4.76. The molecule has 0 radical (unpaired) electrons. The normalized spacial score (nSPS) is 12.2. The molecular formula is C13H15NO6. The van der Waals surface area contributed by atoms with Gasteiger partial charge < -0.3 is 25.8 Å². The molecule has 0 aliphatic carbocycles. The van der Waals surface area contributed by atoms with Gasteiger partial charge in [0.15, 0.2) is 11.5 Å². The van der Waals surface area contributed by atoms with E-state index in [0.29, 0.717) is 5.56 Å². The number of aromatic hydroxyl groups is 2. The molecule has 0 amide bonds. The van der Waals surface area contributed by atoms with Crippen LogP contribution in [0.3, 0.4) is 0 Å². The molecule has 0 saturated carbocycles. The van der Waals surface area contributed by atoms with Gasteiger partial charge in [-0.1, -0.05) is 6.07 Å². The third kappa shape index (κ3) is 4.99. The topological polar surface area (TPSA) is 130 Å². The van der Waals surface area contributed by atoms with Gasteiger partial charge in [-0.2, -0.15) is 0 Å². The van der Waals surface area contributed by atoms with Crippen LogP contribution in [0.1, 0.15) is 12.0 Å². The second-order valence-electron chi connectivity index (χ2n) is 3.98. The SMILES string of the molecule is N[C@@H](CCOC(=O)C=Cc1ccc(O)c(O)c1)C(=O)O. The maximum absolute atomic E-state index is 11.3. The number of rotatable bonds is 6. The molecule has 1 rings (SSSR count). The highest BCUT2D eigenvalue weighted by Crippen LogP contribution is 2.25. The smallest absolute Gasteiger partial charge is 0.330 e. The highest BCUT2D eigenvalue weighted by atomic mass is 16.5. The number of carboxylic acids is 1. The molecule has 108 valence electrons. The summed E-state index contributed by atoms with van der Waals surface area (Å²) in [4.78, 5) is 21.7. The van der Waals surface area contributed by atoms with E-state index in [1.807, 2.05) is 0 Å². The number of benzene rings is 1. The first-order valence-corrected chi connectivity index (χ1v) is 5.75. The van der Waals surface area contributed by atoms with Crippen LogP contribution in [-0.2, 0) is 14.3 Å². The summed E-state index contributed by atoms with van der Waals surface area (Å²) >= 11 is 0. The number of carbonyl (C=O) groups excluding carboxylic acids is 1. The number of nitrogens with two attached hydrogens (primary N) is 1. The zero-order chi connectivity index (χ0) is 15.1. The summed E-state index contributed by atoms with van der Waals surface area (Å²) in [6.45, 7) is -0.0997. The Morgan fingerprint density at radius 2 is 2.00 bits per heavy atom. The van der Waals surface area contributed by atoms with E-state index in [4.69, 9.17) is 20.7 Å². The molecule has 0 unspecified atom stereocenters. The van der Waals surface area contributed by atoms with E-state index in [9.17, 15) is 14.7 Å². The molecule has 1 aromatic rings. The van der Waals surface area contributed by atoms with Crippen LogP contribution in [0.2, 0.25) is 0 Å². The van der Waals surface area contributed by atoms with Crippen molar-refractivity contribution in [2.24, 2.45) is 5.73 Å². The van der Waals surface area contributed by atoms with Crippen molar-refractivity contribution in [2.45, 2.75) is 12.5 Å². The van der Waals surface area contributed by atoms with Crippen molar-refractivity contribution < 1.29 is 29.6 Å². The van der Waals surface area contributed by atoms with Crippen LogP contribution in [-0.4, -0.2) is 39.9 Å². The van der Waals surface area contributed by atoms with Gasteiger partial charge in [-0.05, 0) is 23.8 Å². The fourth-order valence-electron chi connectivity index (χ4n) is 1.27. The number of phenols is 2. The molecule has 0 aliphatic heterocycles. The zero-order valence-electron chi connectivity index (χ0n) is 10.5. The van der Waals surface area contributed by atoms with Crippen molar-refractivity contribution in [3.05, 3.63) is 29.8 Å². The number of hydrogen-bond donors (Lipinski definition) is 4. The molecule has 7 nitrogen and oxygen atoms in total. The van der Waals surface area contributed by atoms with Crippen molar-refractivity contribution in [3.63, 3.8) is 0 Å². The first-order valence-electron chi connectivity index (χ1n) is 5.75. The molecule has 0 aliphatic rings. The van der Waals surface area contributed by atoms with Crippen molar-refractivity contribution in [3.8, 4) is 11.5 Å². The van der Waals surface area contributed by atoms with Crippen molar-refractivity contribution in [1.29, 1.82) is 0 Å². The molecule has 0 bridgehead atoms. The third-order valence-electron chi connectivity index (χ3n) is 2.40. The van der Waals surface area contributed by atoms with Gasteiger partial charge in [-0.15, -0.1) is 0 Å². The minimum atomic E-state index is -1.16. The van der Waals surface area contributed by atoms with Crippen molar-refractivity contribution in [2.75, 3.05) is 6.61 Å². The predicted molar refractivity (Wildman–Crippen MR) is 70.0 cm³/mol. The maximum Gasteiger partial charge on any atom is 0.330 e. The Hall–Kier alpha value is -2.54. The highest BCUT2D eigenvalue weighted by molar-refractivity contribution is 5.87. The van der Waals surface area contributed by atoms with Crippen LogP contribution in [0.15, 0.2) is 24.3 Å². The summed E-state index contributed by atoms with van der Waals surface area (Å²) in [6, 6.07) is 2.99. The van der Waals surface area contributed by atoms with Gasteiger partial charge in [-0.25, -0.2) is 4.79 Å². The lowest BCUT2D eigenvalue weighted by Crippen LogP contribution is -2.31. The number of aliphatic carboxylic acids is 1. The molecule has 20 heavy (non-hydrogen) atoms. The number of carbonyl (C=O) groups is 2. The van der Waals surface area contributed by atoms with Crippen LogP contribution in [0.5, 0.6) is 11.5 Å². The average Bonchev–Trinajstić information content (AvgIpc) is 2.40. The number of phenolic OH excluding ortho intramolecular Hbond substituents is 2. The Labute approximate surface area is 114 Å². The molecule has 0 heterocycles. The van der Waals surface area contributed by atoms with E-state index in [-0.39, 0.29) is 24.5 Å². The Kier molecular flexibility index (Phi) is 5.55. The van der Waals surface area contributed by atoms with E-state index >= 15 is 0 Å². The lowest BCUT2D eigenvalue weighted by atomic mass is 10.2. The van der Waals surface area contributed by atoms with Crippen LogP contribution in [0.25, 0.3) is 6.08 Å². The third-order valence-corrected chi connectivity index (χ3v) is 2.40. The number of carboxylic acid groups (broad SMARTS) is 1. The summed E-state index contributed by atoms with van der Waals surface area (Å²) in [5.74, 6) is -2.37. The number of esters is 1. The molecule has 1 atom stereocenters. The Balaban J connectivity index is 2.43. The standard InChI is InChI=1S/C13H15NO6/c14-9(13(18)19)5-6-20-12(17)4-2-8-1-3-10(15)11(16)7-8/h1-4,7,9,15-16H,5-6,14H2,(H,18,19)/t9-/m0/s1. The number of hydrogen-bond acceptors (Lipinski definition) is 6. The fourth-order valence-corrected chi connectivity index (χ4v) is 1.27. The van der Waals surface area contributed by atoms with Crippen molar-refractivity contribution >= 4 is 18.0 Å². The van der Waals surface area contributed by atoms with Gasteiger partial charge in [-0.3, -0.25) is 4.79 Å². The lowest BCUT2D eigenvalue weighted by Gasteiger charge is -2.05. The van der Waals surface area contributed by atoms with Gasteiger partial charge in [0, 0.05) is 12.5 Å². The van der Waals surface area contributed by atoms with E-state index in [1.54, 1.807) is 0 Å². The molecule has 0 aromatic heterocycles. The zero-order valence-corrected chi connectivity index (χ0v) is 10.5. The Bertz CT molecular complexity index is 526. The molecule has 5 N–H and O–H groups in total. The van der Waals surface area contributed by atoms with Crippen LogP contribution < -0.4 is 5.73 Å². The van der Waals surface area contributed by atoms with Crippen LogP contribution in [0, 0.1) is 0 Å².